The summed E-state index contributed by atoms with van der Waals surface area (Å²) in [5.41, 5.74) is 1.29. The maximum absolute atomic E-state index is 13.0. The second-order valence-corrected chi connectivity index (χ2v) is 8.76. The van der Waals surface area contributed by atoms with Crippen LogP contribution in [-0.4, -0.2) is 71.4 Å². The molecule has 2 amide bonds. The largest absolute Gasteiger partial charge is 0.490 e. The third kappa shape index (κ3) is 7.14. The summed E-state index contributed by atoms with van der Waals surface area (Å²) in [6, 6.07) is 12.0. The van der Waals surface area contributed by atoms with Crippen molar-refractivity contribution in [2.75, 3.05) is 44.6 Å². The van der Waals surface area contributed by atoms with Gasteiger partial charge in [0, 0.05) is 49.8 Å². The number of nitrogens with zero attached hydrogens (tertiary/aromatic N) is 3. The maximum atomic E-state index is 13.0. The number of nitrogens with one attached hydrogen (secondary N) is 2. The summed E-state index contributed by atoms with van der Waals surface area (Å²) in [6.45, 7) is 5.55. The molecular weight excluding hydrogens is 499 g/mol. The number of ether oxygens (including phenoxy) is 1. The van der Waals surface area contributed by atoms with Crippen molar-refractivity contribution < 1.29 is 27.5 Å². The van der Waals surface area contributed by atoms with Gasteiger partial charge in [0.05, 0.1) is 11.9 Å². The van der Waals surface area contributed by atoms with Crippen molar-refractivity contribution >= 4 is 18.0 Å². The Balaban J connectivity index is 1.51. The van der Waals surface area contributed by atoms with E-state index in [9.17, 15) is 22.8 Å². The average Bonchev–Trinajstić information content (AvgIpc) is 3.40. The Bertz CT molecular complexity index is 1350. The van der Waals surface area contributed by atoms with Crippen LogP contribution in [0.3, 0.4) is 0 Å². The van der Waals surface area contributed by atoms with Gasteiger partial charge in [-0.15, -0.1) is 0 Å². The van der Waals surface area contributed by atoms with Crippen molar-refractivity contribution in [2.24, 2.45) is 0 Å². The molecule has 1 aliphatic heterocycles. The lowest BCUT2D eigenvalue weighted by Crippen LogP contribution is -2.46. The number of piperazine rings is 1. The first-order valence-electron chi connectivity index (χ1n) is 11.9. The molecule has 38 heavy (non-hydrogen) atoms. The molecule has 0 radical (unpaired) electrons. The number of rotatable bonds is 7. The minimum atomic E-state index is -4.56. The first kappa shape index (κ1) is 26.8. The van der Waals surface area contributed by atoms with E-state index >= 15 is 0 Å². The van der Waals surface area contributed by atoms with Crippen molar-refractivity contribution in [3.63, 3.8) is 0 Å². The number of alkyl halides is 3. The molecule has 11 heteroatoms. The van der Waals surface area contributed by atoms with Crippen molar-refractivity contribution in [2.45, 2.75) is 13.1 Å². The van der Waals surface area contributed by atoms with Crippen LogP contribution in [0.5, 0.6) is 5.75 Å². The smallest absolute Gasteiger partial charge is 0.432 e. The standard InChI is InChI=1S/C27H26F3N5O3/c1-19-3-2-4-20(15-19)5-8-25(37)32-22-16-21(26-31-17-24(33-26)27(28,29)30)6-7-23(22)38-14-13-34-9-11-35(18-36)12-10-34/h2-4,6-7,15-18H,9-14H2,1H3,(H,31,33)(H,32,37). The molecule has 4 rings (SSSR count). The Kier molecular flexibility index (Phi) is 8.33. The normalized spacial score (nSPS) is 13.9. The highest BCUT2D eigenvalue weighted by Crippen LogP contribution is 2.33. The number of carbonyl (C=O) groups excluding carboxylic acids is 2. The summed E-state index contributed by atoms with van der Waals surface area (Å²) in [5.74, 6) is 5.07. The molecule has 0 atom stereocenters. The molecule has 0 unspecified atom stereocenters. The van der Waals surface area contributed by atoms with E-state index in [2.05, 4.69) is 32.0 Å². The van der Waals surface area contributed by atoms with Crippen LogP contribution in [0.4, 0.5) is 18.9 Å². The molecule has 2 N–H and O–H groups in total. The minimum absolute atomic E-state index is 0.00160. The van der Waals surface area contributed by atoms with E-state index in [1.807, 2.05) is 25.1 Å². The van der Waals surface area contributed by atoms with Crippen LogP contribution in [-0.2, 0) is 15.8 Å². The van der Waals surface area contributed by atoms with Gasteiger partial charge in [-0.25, -0.2) is 4.98 Å². The van der Waals surface area contributed by atoms with E-state index in [-0.39, 0.29) is 11.5 Å². The minimum Gasteiger partial charge on any atom is -0.490 e. The summed E-state index contributed by atoms with van der Waals surface area (Å²) < 4.78 is 45.0. The van der Waals surface area contributed by atoms with Gasteiger partial charge in [0.2, 0.25) is 6.41 Å². The monoisotopic (exact) mass is 525 g/mol. The number of benzene rings is 2. The molecule has 0 bridgehead atoms. The molecule has 0 saturated carbocycles. The topological polar surface area (TPSA) is 90.6 Å². The predicted molar refractivity (Wildman–Crippen MR) is 135 cm³/mol. The molecule has 2 aromatic carbocycles. The number of aromatic amines is 1. The summed E-state index contributed by atoms with van der Waals surface area (Å²) >= 11 is 0. The molecule has 1 aromatic heterocycles. The molecule has 1 saturated heterocycles. The SMILES string of the molecule is Cc1cccc(C#CC(=O)Nc2cc(-c3ncc(C(F)(F)F)[nH]3)ccc2OCCN2CCN(C=O)CC2)c1. The second-order valence-electron chi connectivity index (χ2n) is 8.76. The van der Waals surface area contributed by atoms with E-state index < -0.39 is 17.8 Å². The highest BCUT2D eigenvalue weighted by atomic mass is 19.4. The van der Waals surface area contributed by atoms with Crippen LogP contribution in [0, 0.1) is 18.8 Å². The Morgan fingerprint density at radius 2 is 1.97 bits per heavy atom. The predicted octanol–water partition coefficient (Wildman–Crippen LogP) is 3.55. The Hall–Kier alpha value is -4.30. The van der Waals surface area contributed by atoms with Gasteiger partial charge in [-0.3, -0.25) is 14.5 Å². The fourth-order valence-electron chi connectivity index (χ4n) is 3.90. The third-order valence-corrected chi connectivity index (χ3v) is 5.94. The number of H-pyrrole nitrogens is 1. The number of hydrogen-bond acceptors (Lipinski definition) is 5. The number of aryl methyl sites for hydroxylation is 1. The van der Waals surface area contributed by atoms with Crippen LogP contribution in [0.1, 0.15) is 16.8 Å². The molecule has 1 aliphatic rings. The summed E-state index contributed by atoms with van der Waals surface area (Å²) in [6.07, 6.45) is -3.01. The summed E-state index contributed by atoms with van der Waals surface area (Å²) in [5, 5.41) is 2.68. The number of carbonyl (C=O) groups is 2. The van der Waals surface area contributed by atoms with Crippen LogP contribution in [0.2, 0.25) is 0 Å². The van der Waals surface area contributed by atoms with Crippen LogP contribution in [0.15, 0.2) is 48.7 Å². The lowest BCUT2D eigenvalue weighted by Gasteiger charge is -2.32. The van der Waals surface area contributed by atoms with Gasteiger partial charge in [-0.1, -0.05) is 18.1 Å². The molecule has 0 aliphatic carbocycles. The Labute approximate surface area is 217 Å². The number of amides is 2. The lowest BCUT2D eigenvalue weighted by molar-refractivity contribution is -0.140. The molecule has 1 fully saturated rings. The van der Waals surface area contributed by atoms with E-state index in [0.717, 1.165) is 31.3 Å². The van der Waals surface area contributed by atoms with Gasteiger partial charge in [0.1, 0.15) is 23.9 Å². The zero-order valence-corrected chi connectivity index (χ0v) is 20.6. The molecule has 3 aromatic rings. The van der Waals surface area contributed by atoms with Gasteiger partial charge in [0.25, 0.3) is 0 Å². The molecular formula is C27H26F3N5O3. The van der Waals surface area contributed by atoms with Crippen molar-refractivity contribution in [3.05, 3.63) is 65.5 Å². The molecule has 0 spiro atoms. The van der Waals surface area contributed by atoms with E-state index in [0.29, 0.717) is 43.1 Å². The molecule has 2 heterocycles. The summed E-state index contributed by atoms with van der Waals surface area (Å²) in [7, 11) is 0. The highest BCUT2D eigenvalue weighted by molar-refractivity contribution is 6.05. The van der Waals surface area contributed by atoms with Gasteiger partial charge >= 0.3 is 12.1 Å². The highest BCUT2D eigenvalue weighted by Gasteiger charge is 2.33. The van der Waals surface area contributed by atoms with E-state index in [4.69, 9.17) is 4.74 Å². The van der Waals surface area contributed by atoms with Crippen molar-refractivity contribution in [1.82, 2.24) is 19.8 Å². The number of hydrogen-bond donors (Lipinski definition) is 2. The van der Waals surface area contributed by atoms with E-state index in [1.54, 1.807) is 23.1 Å². The average molecular weight is 526 g/mol. The Morgan fingerprint density at radius 3 is 2.66 bits per heavy atom. The van der Waals surface area contributed by atoms with Crippen LogP contribution in [0.25, 0.3) is 11.4 Å². The van der Waals surface area contributed by atoms with Gasteiger partial charge in [0.15, 0.2) is 0 Å². The third-order valence-electron chi connectivity index (χ3n) is 5.94. The van der Waals surface area contributed by atoms with Crippen molar-refractivity contribution in [3.8, 4) is 29.0 Å². The first-order valence-corrected chi connectivity index (χ1v) is 11.9. The Morgan fingerprint density at radius 1 is 1.18 bits per heavy atom. The van der Waals surface area contributed by atoms with Crippen LogP contribution < -0.4 is 10.1 Å². The fourth-order valence-corrected chi connectivity index (χ4v) is 3.90. The number of halogens is 3. The number of anilines is 1. The number of imidazole rings is 1. The zero-order chi connectivity index (χ0) is 27.1. The van der Waals surface area contributed by atoms with E-state index in [1.165, 1.54) is 6.07 Å². The zero-order valence-electron chi connectivity index (χ0n) is 20.6. The quantitative estimate of drug-likeness (QED) is 0.364. The van der Waals surface area contributed by atoms with Crippen LogP contribution >= 0.6 is 0 Å². The first-order chi connectivity index (χ1) is 18.2. The summed E-state index contributed by atoms with van der Waals surface area (Å²) in [4.78, 5) is 33.5. The van der Waals surface area contributed by atoms with Gasteiger partial charge in [-0.2, -0.15) is 13.2 Å². The maximum Gasteiger partial charge on any atom is 0.432 e. The second kappa shape index (κ2) is 11.8. The van der Waals surface area contributed by atoms with Crippen molar-refractivity contribution in [1.29, 1.82) is 0 Å². The lowest BCUT2D eigenvalue weighted by atomic mass is 10.1. The van der Waals surface area contributed by atoms with Gasteiger partial charge in [-0.05, 0) is 42.8 Å². The molecule has 8 nitrogen and oxygen atoms in total. The molecule has 198 valence electrons. The van der Waals surface area contributed by atoms with Gasteiger partial charge < -0.3 is 19.9 Å². The fraction of sp³-hybridized carbons (Fsp3) is 0.296. The number of aromatic nitrogens is 2.